The molecular formula is C17H23F3N4O3. The molecule has 150 valence electrons. The van der Waals surface area contributed by atoms with E-state index < -0.39 is 30.5 Å². The van der Waals surface area contributed by atoms with Crippen LogP contribution in [0.15, 0.2) is 4.79 Å². The molecule has 4 rings (SSSR count). The molecule has 10 heteroatoms. The Morgan fingerprint density at radius 3 is 2.74 bits per heavy atom. The molecule has 3 heterocycles. The third-order valence-corrected chi connectivity index (χ3v) is 5.90. The summed E-state index contributed by atoms with van der Waals surface area (Å²) in [5, 5.41) is 4.37. The quantitative estimate of drug-likeness (QED) is 0.787. The molecule has 0 N–H and O–H groups in total. The number of ether oxygens (including phenoxy) is 1. The first-order valence-corrected chi connectivity index (χ1v) is 9.40. The highest BCUT2D eigenvalue weighted by Crippen LogP contribution is 2.33. The van der Waals surface area contributed by atoms with Gasteiger partial charge in [-0.15, -0.1) is 0 Å². The Labute approximate surface area is 154 Å². The lowest BCUT2D eigenvalue weighted by molar-refractivity contribution is -0.149. The van der Waals surface area contributed by atoms with Crippen LogP contribution in [0.2, 0.25) is 0 Å². The van der Waals surface area contributed by atoms with Crippen LogP contribution in [0.25, 0.3) is 0 Å². The van der Waals surface area contributed by atoms with Crippen LogP contribution in [0.1, 0.15) is 44.3 Å². The highest BCUT2D eigenvalue weighted by Gasteiger charge is 2.45. The van der Waals surface area contributed by atoms with Crippen molar-refractivity contribution in [3.8, 4) is 0 Å². The Bertz CT molecular complexity index is 783. The molecule has 1 atom stereocenters. The molecule has 1 saturated carbocycles. The van der Waals surface area contributed by atoms with Crippen LogP contribution in [-0.2, 0) is 29.2 Å². The third kappa shape index (κ3) is 3.76. The molecule has 1 amide bonds. The number of carbonyl (C=O) groups is 1. The average Bonchev–Trinajstić information content (AvgIpc) is 3.11. The number of hydrogen-bond donors (Lipinski definition) is 0. The monoisotopic (exact) mass is 388 g/mol. The number of halogens is 3. The van der Waals surface area contributed by atoms with Gasteiger partial charge in [-0.05, 0) is 25.2 Å². The summed E-state index contributed by atoms with van der Waals surface area (Å²) in [7, 11) is 0. The van der Waals surface area contributed by atoms with Gasteiger partial charge in [0.05, 0.1) is 19.5 Å². The number of aromatic nitrogens is 3. The Balaban J connectivity index is 1.42. The van der Waals surface area contributed by atoms with Gasteiger partial charge in [-0.2, -0.15) is 18.3 Å². The van der Waals surface area contributed by atoms with Crippen molar-refractivity contribution < 1.29 is 22.7 Å². The average molecular weight is 388 g/mol. The van der Waals surface area contributed by atoms with E-state index in [1.54, 1.807) is 4.57 Å². The van der Waals surface area contributed by atoms with Gasteiger partial charge in [-0.3, -0.25) is 9.36 Å². The van der Waals surface area contributed by atoms with E-state index in [-0.39, 0.29) is 25.4 Å². The molecule has 2 aliphatic heterocycles. The zero-order valence-corrected chi connectivity index (χ0v) is 15.0. The zero-order chi connectivity index (χ0) is 19.2. The van der Waals surface area contributed by atoms with E-state index in [2.05, 4.69) is 5.10 Å². The lowest BCUT2D eigenvalue weighted by Crippen LogP contribution is -2.47. The van der Waals surface area contributed by atoms with Crippen molar-refractivity contribution in [2.45, 2.75) is 70.0 Å². The molecule has 0 radical (unpaired) electrons. The Hall–Kier alpha value is -1.84. The smallest absolute Gasteiger partial charge is 0.363 e. The van der Waals surface area contributed by atoms with Crippen LogP contribution in [0, 0.1) is 5.92 Å². The van der Waals surface area contributed by atoms with Crippen LogP contribution in [0.4, 0.5) is 13.2 Å². The van der Waals surface area contributed by atoms with Gasteiger partial charge in [-0.1, -0.05) is 6.42 Å². The van der Waals surface area contributed by atoms with E-state index in [9.17, 15) is 22.8 Å². The van der Waals surface area contributed by atoms with Crippen molar-refractivity contribution >= 4 is 5.91 Å². The summed E-state index contributed by atoms with van der Waals surface area (Å²) < 4.78 is 46.1. The summed E-state index contributed by atoms with van der Waals surface area (Å²) in [5.74, 6) is 0.557. The maximum Gasteiger partial charge on any atom is 0.389 e. The fourth-order valence-corrected chi connectivity index (χ4v) is 4.05. The topological polar surface area (TPSA) is 69.4 Å². The molecule has 1 aromatic heterocycles. The van der Waals surface area contributed by atoms with Gasteiger partial charge in [0.1, 0.15) is 12.2 Å². The summed E-state index contributed by atoms with van der Waals surface area (Å²) in [6, 6.07) is 0. The molecule has 1 spiro atoms. The van der Waals surface area contributed by atoms with E-state index in [0.29, 0.717) is 31.3 Å². The maximum atomic E-state index is 12.7. The minimum Gasteiger partial charge on any atom is -0.363 e. The first-order valence-electron chi connectivity index (χ1n) is 9.40. The van der Waals surface area contributed by atoms with Crippen molar-refractivity contribution in [2.75, 3.05) is 13.1 Å². The van der Waals surface area contributed by atoms with E-state index >= 15 is 0 Å². The van der Waals surface area contributed by atoms with E-state index in [0.717, 1.165) is 12.8 Å². The van der Waals surface area contributed by atoms with Crippen molar-refractivity contribution in [3.63, 3.8) is 0 Å². The lowest BCUT2D eigenvalue weighted by atomic mass is 9.85. The fourth-order valence-electron chi connectivity index (χ4n) is 4.05. The summed E-state index contributed by atoms with van der Waals surface area (Å²) in [5.41, 5.74) is -0.879. The van der Waals surface area contributed by atoms with Crippen LogP contribution >= 0.6 is 0 Å². The summed E-state index contributed by atoms with van der Waals surface area (Å²) in [4.78, 5) is 26.2. The number of alkyl halides is 3. The van der Waals surface area contributed by atoms with Gasteiger partial charge in [0.2, 0.25) is 5.91 Å². The molecule has 2 fully saturated rings. The molecule has 0 aromatic carbocycles. The highest BCUT2D eigenvalue weighted by molar-refractivity contribution is 5.76. The number of hydrogen-bond acceptors (Lipinski definition) is 4. The Morgan fingerprint density at radius 2 is 2.07 bits per heavy atom. The largest absolute Gasteiger partial charge is 0.389 e. The number of amides is 1. The molecule has 1 aromatic rings. The molecule has 7 nitrogen and oxygen atoms in total. The first kappa shape index (κ1) is 18.5. The predicted octanol–water partition coefficient (Wildman–Crippen LogP) is 1.69. The number of likely N-dealkylation sites (tertiary alicyclic amines) is 1. The summed E-state index contributed by atoms with van der Waals surface area (Å²) >= 11 is 0. The van der Waals surface area contributed by atoms with Gasteiger partial charge in [0, 0.05) is 19.5 Å². The van der Waals surface area contributed by atoms with Crippen LogP contribution < -0.4 is 5.69 Å². The van der Waals surface area contributed by atoms with Crippen LogP contribution in [0.3, 0.4) is 0 Å². The van der Waals surface area contributed by atoms with Crippen molar-refractivity contribution in [2.24, 2.45) is 5.92 Å². The van der Waals surface area contributed by atoms with Crippen LogP contribution in [0.5, 0.6) is 0 Å². The van der Waals surface area contributed by atoms with Gasteiger partial charge in [0.25, 0.3) is 0 Å². The molecule has 27 heavy (non-hydrogen) atoms. The number of fused-ring (bicyclic) bond motifs is 1. The number of carbonyl (C=O) groups excluding carboxylic acids is 1. The predicted molar refractivity (Wildman–Crippen MR) is 87.8 cm³/mol. The first-order chi connectivity index (χ1) is 12.7. The highest BCUT2D eigenvalue weighted by atomic mass is 19.4. The molecule has 1 saturated heterocycles. The minimum atomic E-state index is -4.34. The SMILES string of the molecule is O=C(CCC(F)(F)F)N1CCC2(C1)Cn1c(nn(CC3CCC3)c1=O)CO2. The van der Waals surface area contributed by atoms with E-state index in [1.807, 2.05) is 0 Å². The van der Waals surface area contributed by atoms with Gasteiger partial charge < -0.3 is 9.64 Å². The van der Waals surface area contributed by atoms with Crippen molar-refractivity contribution in [1.29, 1.82) is 0 Å². The number of rotatable bonds is 4. The second kappa shape index (κ2) is 6.65. The normalized spacial score (nSPS) is 25.7. The molecular weight excluding hydrogens is 365 g/mol. The fraction of sp³-hybridized carbons (Fsp3) is 0.824. The van der Waals surface area contributed by atoms with Gasteiger partial charge in [0.15, 0.2) is 5.82 Å². The van der Waals surface area contributed by atoms with Gasteiger partial charge >= 0.3 is 11.9 Å². The maximum absolute atomic E-state index is 12.7. The molecule has 3 aliphatic rings. The number of nitrogens with zero attached hydrogens (tertiary/aromatic N) is 4. The minimum absolute atomic E-state index is 0.165. The van der Waals surface area contributed by atoms with E-state index in [1.165, 1.54) is 16.0 Å². The lowest BCUT2D eigenvalue weighted by Gasteiger charge is -2.33. The third-order valence-electron chi connectivity index (χ3n) is 5.90. The molecule has 1 aliphatic carbocycles. The van der Waals surface area contributed by atoms with Crippen molar-refractivity contribution in [3.05, 3.63) is 16.3 Å². The Morgan fingerprint density at radius 1 is 1.30 bits per heavy atom. The van der Waals surface area contributed by atoms with Crippen LogP contribution in [-0.4, -0.2) is 50.0 Å². The van der Waals surface area contributed by atoms with Crippen molar-refractivity contribution in [1.82, 2.24) is 19.2 Å². The second-order valence-electron chi connectivity index (χ2n) is 7.92. The Kier molecular flexibility index (Phi) is 4.56. The second-order valence-corrected chi connectivity index (χ2v) is 7.92. The standard InChI is InChI=1S/C17H23F3N4O3/c18-17(19,20)5-4-14(25)22-7-6-16(10-22)11-23-13(9-27-16)21-24(15(23)26)8-12-2-1-3-12/h12H,1-11H2. The molecule has 1 unspecified atom stereocenters. The summed E-state index contributed by atoms with van der Waals surface area (Å²) in [6.07, 6.45) is -2.08. The summed E-state index contributed by atoms with van der Waals surface area (Å²) in [6.45, 7) is 1.64. The zero-order valence-electron chi connectivity index (χ0n) is 15.0. The molecule has 0 bridgehead atoms. The van der Waals surface area contributed by atoms with Gasteiger partial charge in [-0.25, -0.2) is 9.48 Å². The van der Waals surface area contributed by atoms with E-state index in [4.69, 9.17) is 4.74 Å².